The van der Waals surface area contributed by atoms with Crippen molar-refractivity contribution in [1.82, 2.24) is 39.8 Å². The molecule has 5 heterocycles. The van der Waals surface area contributed by atoms with Gasteiger partial charge in [-0.25, -0.2) is 14.5 Å². The smallest absolute Gasteiger partial charge is 0.155 e. The number of aromatic nitrogens is 6. The number of H-pyrrole nitrogens is 1. The molecule has 0 bridgehead atoms. The van der Waals surface area contributed by atoms with E-state index in [1.807, 2.05) is 55.6 Å². The molecule has 6 rings (SSSR count). The van der Waals surface area contributed by atoms with Gasteiger partial charge in [-0.3, -0.25) is 4.98 Å². The lowest BCUT2D eigenvalue weighted by atomic mass is 9.87. The molecule has 4 aromatic rings. The second-order valence-corrected chi connectivity index (χ2v) is 9.69. The summed E-state index contributed by atoms with van der Waals surface area (Å²) in [6.07, 6.45) is 12.0. The number of pyridine rings is 2. The summed E-state index contributed by atoms with van der Waals surface area (Å²) in [6.45, 7) is 5.63. The van der Waals surface area contributed by atoms with Gasteiger partial charge in [0.15, 0.2) is 5.65 Å². The Balaban J connectivity index is 1.29. The van der Waals surface area contributed by atoms with E-state index >= 15 is 0 Å². The fraction of sp³-hybridized carbons (Fsp3) is 0.321. The van der Waals surface area contributed by atoms with Gasteiger partial charge in [-0.1, -0.05) is 18.2 Å². The first-order valence-corrected chi connectivity index (χ1v) is 12.7. The molecule has 186 valence electrons. The van der Waals surface area contributed by atoms with Gasteiger partial charge >= 0.3 is 0 Å². The first-order chi connectivity index (χ1) is 18.2. The van der Waals surface area contributed by atoms with Crippen LogP contribution in [-0.2, 0) is 6.54 Å². The maximum Gasteiger partial charge on any atom is 0.155 e. The zero-order valence-electron chi connectivity index (χ0n) is 20.8. The number of nitrogens with one attached hydrogen (secondary N) is 2. The Kier molecular flexibility index (Phi) is 6.35. The number of nitriles is 1. The normalized spacial score (nSPS) is 19.8. The van der Waals surface area contributed by atoms with Gasteiger partial charge in [0.25, 0.3) is 0 Å². The second-order valence-electron chi connectivity index (χ2n) is 9.69. The van der Waals surface area contributed by atoms with E-state index in [0.29, 0.717) is 6.54 Å². The Hall–Kier alpha value is -4.13. The van der Waals surface area contributed by atoms with E-state index in [1.165, 1.54) is 12.8 Å². The molecule has 0 aromatic carbocycles. The third-order valence-electron chi connectivity index (χ3n) is 7.16. The Morgan fingerprint density at radius 2 is 2.05 bits per heavy atom. The summed E-state index contributed by atoms with van der Waals surface area (Å²) >= 11 is 0. The van der Waals surface area contributed by atoms with Crippen molar-refractivity contribution in [3.63, 3.8) is 0 Å². The second kappa shape index (κ2) is 10.1. The number of rotatable bonds is 7. The van der Waals surface area contributed by atoms with E-state index in [2.05, 4.69) is 37.4 Å². The zero-order valence-corrected chi connectivity index (χ0v) is 20.8. The highest BCUT2D eigenvalue weighted by Crippen LogP contribution is 2.30. The lowest BCUT2D eigenvalue weighted by Crippen LogP contribution is -2.42. The van der Waals surface area contributed by atoms with Crippen LogP contribution in [0.2, 0.25) is 0 Å². The fourth-order valence-electron chi connectivity index (χ4n) is 5.27. The lowest BCUT2D eigenvalue weighted by molar-refractivity contribution is 0.273. The summed E-state index contributed by atoms with van der Waals surface area (Å²) in [4.78, 5) is 20.0. The number of hydrogen-bond acceptors (Lipinski definition) is 7. The maximum absolute atomic E-state index is 9.78. The molecule has 0 radical (unpaired) electrons. The summed E-state index contributed by atoms with van der Waals surface area (Å²) in [5.41, 5.74) is 6.01. The van der Waals surface area contributed by atoms with Gasteiger partial charge in [0.1, 0.15) is 12.2 Å². The van der Waals surface area contributed by atoms with Crippen LogP contribution in [0, 0.1) is 24.2 Å². The van der Waals surface area contributed by atoms with Crippen LogP contribution in [-0.4, -0.2) is 60.1 Å². The van der Waals surface area contributed by atoms with Crippen molar-refractivity contribution in [3.8, 4) is 28.7 Å². The minimum Gasteiger partial charge on any atom is -0.339 e. The quantitative estimate of drug-likeness (QED) is 0.406. The summed E-state index contributed by atoms with van der Waals surface area (Å²) in [7, 11) is 0. The summed E-state index contributed by atoms with van der Waals surface area (Å²) in [6, 6.07) is 12.4. The number of aromatic amines is 1. The Bertz CT molecular complexity index is 1510. The molecule has 0 amide bonds. The highest BCUT2D eigenvalue weighted by molar-refractivity contribution is 5.77. The minimum absolute atomic E-state index is 0.0563. The van der Waals surface area contributed by atoms with Crippen molar-refractivity contribution in [3.05, 3.63) is 78.2 Å². The van der Waals surface area contributed by atoms with Gasteiger partial charge in [-0.15, -0.1) is 0 Å². The third-order valence-corrected chi connectivity index (χ3v) is 7.16. The standard InChI is InChI=1S/C28H29N9/c1-19-6-4-9-24(33-19)28-27(21-10-11-26-31-18-32-37(26)16-21)34-25(35-28)15-30-23-8-5-7-20(14-29)22(23)17-36-12-2-3-13-36/h4-11,16,18,22-23,30H,2-3,12-13,15,17H2,1H3,(H,34,35). The first kappa shape index (κ1) is 23.3. The van der Waals surface area contributed by atoms with Crippen molar-refractivity contribution in [2.75, 3.05) is 19.6 Å². The van der Waals surface area contributed by atoms with Crippen LogP contribution in [0.3, 0.4) is 0 Å². The molecule has 37 heavy (non-hydrogen) atoms. The van der Waals surface area contributed by atoms with E-state index in [-0.39, 0.29) is 12.0 Å². The molecule has 2 atom stereocenters. The number of imidazole rings is 1. The molecule has 1 aliphatic carbocycles. The van der Waals surface area contributed by atoms with E-state index in [4.69, 9.17) is 9.97 Å². The van der Waals surface area contributed by atoms with Crippen molar-refractivity contribution >= 4 is 5.65 Å². The number of nitrogens with zero attached hydrogens (tertiary/aromatic N) is 7. The molecule has 9 nitrogen and oxygen atoms in total. The average molecular weight is 492 g/mol. The minimum atomic E-state index is 0.0563. The molecular weight excluding hydrogens is 462 g/mol. The molecule has 1 saturated heterocycles. The number of aryl methyl sites for hydroxylation is 1. The lowest BCUT2D eigenvalue weighted by Gasteiger charge is -2.31. The van der Waals surface area contributed by atoms with Gasteiger partial charge in [-0.2, -0.15) is 10.4 Å². The largest absolute Gasteiger partial charge is 0.339 e. The van der Waals surface area contributed by atoms with E-state index < -0.39 is 0 Å². The van der Waals surface area contributed by atoms with Crippen molar-refractivity contribution in [2.45, 2.75) is 32.4 Å². The van der Waals surface area contributed by atoms with E-state index in [9.17, 15) is 5.26 Å². The van der Waals surface area contributed by atoms with Crippen molar-refractivity contribution in [1.29, 1.82) is 5.26 Å². The Morgan fingerprint density at radius 3 is 2.89 bits per heavy atom. The monoisotopic (exact) mass is 491 g/mol. The Morgan fingerprint density at radius 1 is 1.16 bits per heavy atom. The SMILES string of the molecule is Cc1cccc(-c2[nH]c(CNC3C=CC=C(C#N)C3CN3CCCC3)nc2-c2ccc3ncnn3c2)n1. The predicted octanol–water partition coefficient (Wildman–Crippen LogP) is 3.68. The number of allylic oxidation sites excluding steroid dienone is 2. The van der Waals surface area contributed by atoms with Crippen LogP contribution in [0.4, 0.5) is 0 Å². The molecule has 4 aromatic heterocycles. The number of fused-ring (bicyclic) bond motifs is 1. The van der Waals surface area contributed by atoms with E-state index in [1.54, 1.807) is 10.8 Å². The summed E-state index contributed by atoms with van der Waals surface area (Å²) < 4.78 is 1.75. The maximum atomic E-state index is 9.78. The molecule has 0 saturated carbocycles. The fourth-order valence-corrected chi connectivity index (χ4v) is 5.27. The van der Waals surface area contributed by atoms with Crippen LogP contribution in [0.5, 0.6) is 0 Å². The zero-order chi connectivity index (χ0) is 25.2. The number of hydrogen-bond donors (Lipinski definition) is 2. The number of likely N-dealkylation sites (tertiary alicyclic amines) is 1. The predicted molar refractivity (Wildman–Crippen MR) is 141 cm³/mol. The third kappa shape index (κ3) is 4.81. The van der Waals surface area contributed by atoms with Crippen LogP contribution in [0.15, 0.2) is 66.7 Å². The molecule has 2 N–H and O–H groups in total. The highest BCUT2D eigenvalue weighted by atomic mass is 15.3. The van der Waals surface area contributed by atoms with Crippen molar-refractivity contribution < 1.29 is 0 Å². The summed E-state index contributed by atoms with van der Waals surface area (Å²) in [5, 5.41) is 17.7. The molecule has 2 aliphatic rings. The highest BCUT2D eigenvalue weighted by Gasteiger charge is 2.29. The van der Waals surface area contributed by atoms with Crippen molar-refractivity contribution in [2.24, 2.45) is 5.92 Å². The molecule has 9 heteroatoms. The van der Waals surface area contributed by atoms with Gasteiger partial charge < -0.3 is 15.2 Å². The van der Waals surface area contributed by atoms with Crippen LogP contribution in [0.25, 0.3) is 28.3 Å². The molecule has 1 fully saturated rings. The van der Waals surface area contributed by atoms with Gasteiger partial charge in [0.2, 0.25) is 0 Å². The van der Waals surface area contributed by atoms with Crippen LogP contribution in [0.1, 0.15) is 24.4 Å². The topological polar surface area (TPSA) is 111 Å². The van der Waals surface area contributed by atoms with Crippen LogP contribution < -0.4 is 5.32 Å². The molecule has 2 unspecified atom stereocenters. The molecular formula is C28H29N9. The van der Waals surface area contributed by atoms with Gasteiger partial charge in [0, 0.05) is 41.5 Å². The first-order valence-electron chi connectivity index (χ1n) is 12.7. The van der Waals surface area contributed by atoms with Gasteiger partial charge in [-0.05, 0) is 63.2 Å². The average Bonchev–Trinajstić information content (AvgIpc) is 3.68. The van der Waals surface area contributed by atoms with Crippen LogP contribution >= 0.6 is 0 Å². The van der Waals surface area contributed by atoms with E-state index in [0.717, 1.165) is 65.0 Å². The summed E-state index contributed by atoms with van der Waals surface area (Å²) in [5.74, 6) is 0.934. The molecule has 1 aliphatic heterocycles. The Labute approximate surface area is 215 Å². The van der Waals surface area contributed by atoms with Gasteiger partial charge in [0.05, 0.1) is 29.7 Å². The molecule has 0 spiro atoms.